The molecule has 11 heavy (non-hydrogen) atoms. The van der Waals surface area contributed by atoms with Crippen LogP contribution in [0.5, 0.6) is 0 Å². The molecule has 0 fully saturated rings. The summed E-state index contributed by atoms with van der Waals surface area (Å²) in [6.07, 6.45) is 2.97. The molecule has 0 rings (SSSR count). The third-order valence-electron chi connectivity index (χ3n) is 1.46. The molecule has 0 aromatic carbocycles. The second-order valence-electron chi connectivity index (χ2n) is 2.94. The fourth-order valence-electron chi connectivity index (χ4n) is 0.912. The van der Waals surface area contributed by atoms with E-state index in [1.165, 1.54) is 12.8 Å². The zero-order valence-electron chi connectivity index (χ0n) is 8.15. The summed E-state index contributed by atoms with van der Waals surface area (Å²) in [4.78, 5) is 0. The Morgan fingerprint density at radius 2 is 1.91 bits per heavy atom. The van der Waals surface area contributed by atoms with Gasteiger partial charge in [0.2, 0.25) is 0 Å². The molecule has 0 spiro atoms. The van der Waals surface area contributed by atoms with Crippen LogP contribution in [0, 0.1) is 0 Å². The predicted molar refractivity (Wildman–Crippen MR) is 53.0 cm³/mol. The van der Waals surface area contributed by atoms with Gasteiger partial charge in [-0.3, -0.25) is 0 Å². The van der Waals surface area contributed by atoms with Crippen LogP contribution in [-0.4, -0.2) is 27.6 Å². The van der Waals surface area contributed by atoms with Gasteiger partial charge in [-0.05, 0) is 0 Å². The summed E-state index contributed by atoms with van der Waals surface area (Å²) in [5, 5.41) is 3.48. The second-order valence-corrected chi connectivity index (χ2v) is 7.23. The second kappa shape index (κ2) is 7.15. The maximum atomic E-state index is 3.60. The van der Waals surface area contributed by atoms with Gasteiger partial charge in [0.15, 0.2) is 0 Å². The molecule has 2 nitrogen and oxygen atoms in total. The van der Waals surface area contributed by atoms with Crippen molar-refractivity contribution in [3.63, 3.8) is 0 Å². The Morgan fingerprint density at radius 3 is 2.27 bits per heavy atom. The third-order valence-corrected chi connectivity index (χ3v) is 3.20. The molecule has 3 heteroatoms. The average Bonchev–Trinajstić information content (AvgIpc) is 1.97. The molecule has 1 atom stereocenters. The molecule has 2 N–H and O–H groups in total. The summed E-state index contributed by atoms with van der Waals surface area (Å²) in [6, 6.07) is 0. The van der Waals surface area contributed by atoms with Gasteiger partial charge in [0.1, 0.15) is 0 Å². The average molecular weight is 220 g/mol. The molecule has 0 aliphatic heterocycles. The van der Waals surface area contributed by atoms with Crippen molar-refractivity contribution in [1.29, 1.82) is 0 Å². The first-order valence-electron chi connectivity index (χ1n) is 4.37. The molecule has 0 aromatic rings. The first-order valence-corrected chi connectivity index (χ1v) is 9.06. The summed E-state index contributed by atoms with van der Waals surface area (Å²) in [5.74, 6) is 0. The van der Waals surface area contributed by atoms with E-state index < -0.39 is 14.9 Å². The zero-order valence-corrected chi connectivity index (χ0v) is 10.0. The molecular formula is C8H21AsN2. The van der Waals surface area contributed by atoms with Crippen molar-refractivity contribution in [3.8, 4) is 0 Å². The SMILES string of the molecule is CCCNC(CC)N[As](C)C. The van der Waals surface area contributed by atoms with Gasteiger partial charge in [-0.25, -0.2) is 0 Å². The summed E-state index contributed by atoms with van der Waals surface area (Å²) < 4.78 is 3.60. The first kappa shape index (κ1) is 11.5. The van der Waals surface area contributed by atoms with E-state index in [2.05, 4.69) is 34.8 Å². The van der Waals surface area contributed by atoms with Crippen LogP contribution < -0.4 is 9.55 Å². The summed E-state index contributed by atoms with van der Waals surface area (Å²) in [5.41, 5.74) is 4.65. The van der Waals surface area contributed by atoms with Gasteiger partial charge in [0.25, 0.3) is 0 Å². The van der Waals surface area contributed by atoms with Crippen LogP contribution in [0.1, 0.15) is 26.7 Å². The molecule has 68 valence electrons. The van der Waals surface area contributed by atoms with Crippen LogP contribution in [0.25, 0.3) is 0 Å². The van der Waals surface area contributed by atoms with Crippen molar-refractivity contribution in [2.45, 2.75) is 44.3 Å². The Bertz CT molecular complexity index is 86.2. The predicted octanol–water partition coefficient (Wildman–Crippen LogP) is 1.56. The molecule has 0 saturated heterocycles. The van der Waals surface area contributed by atoms with Gasteiger partial charge in [-0.1, -0.05) is 0 Å². The van der Waals surface area contributed by atoms with Crippen molar-refractivity contribution in [1.82, 2.24) is 9.55 Å². The number of nitrogens with one attached hydrogen (secondary N) is 2. The number of rotatable bonds is 6. The maximum absolute atomic E-state index is 3.60. The van der Waals surface area contributed by atoms with Gasteiger partial charge in [-0.2, -0.15) is 0 Å². The minimum atomic E-state index is -0.660. The minimum absolute atomic E-state index is 0.560. The standard InChI is InChI=1S/C8H21AsN2/c1-5-7-10-8(6-2)11-9(3)4/h8,10-11H,5-7H2,1-4H3. The first-order chi connectivity index (χ1) is 5.20. The number of hydrogen-bond acceptors (Lipinski definition) is 2. The van der Waals surface area contributed by atoms with Gasteiger partial charge in [0, 0.05) is 0 Å². The van der Waals surface area contributed by atoms with Gasteiger partial charge >= 0.3 is 75.3 Å². The molecule has 0 amide bonds. The van der Waals surface area contributed by atoms with E-state index in [4.69, 9.17) is 0 Å². The van der Waals surface area contributed by atoms with Crippen LogP contribution in [0.15, 0.2) is 0 Å². The summed E-state index contributed by atoms with van der Waals surface area (Å²) >= 11 is -0.660. The third kappa shape index (κ3) is 6.86. The van der Waals surface area contributed by atoms with Crippen molar-refractivity contribution in [2.24, 2.45) is 0 Å². The van der Waals surface area contributed by atoms with Crippen LogP contribution in [0.2, 0.25) is 11.4 Å². The van der Waals surface area contributed by atoms with E-state index in [0.29, 0.717) is 6.17 Å². The van der Waals surface area contributed by atoms with Crippen molar-refractivity contribution >= 4 is 14.9 Å². The van der Waals surface area contributed by atoms with E-state index in [0.717, 1.165) is 6.54 Å². The van der Waals surface area contributed by atoms with E-state index in [1.807, 2.05) is 0 Å². The topological polar surface area (TPSA) is 24.1 Å². The van der Waals surface area contributed by atoms with E-state index in [-0.39, 0.29) is 0 Å². The Hall–Kier alpha value is 0.478. The fourth-order valence-corrected chi connectivity index (χ4v) is 2.79. The summed E-state index contributed by atoms with van der Waals surface area (Å²) in [7, 11) is 0. The fraction of sp³-hybridized carbons (Fsp3) is 1.00. The number of hydrogen-bond donors (Lipinski definition) is 2. The Morgan fingerprint density at radius 1 is 1.27 bits per heavy atom. The van der Waals surface area contributed by atoms with E-state index in [1.54, 1.807) is 0 Å². The van der Waals surface area contributed by atoms with Crippen molar-refractivity contribution in [2.75, 3.05) is 6.54 Å². The van der Waals surface area contributed by atoms with E-state index >= 15 is 0 Å². The van der Waals surface area contributed by atoms with Crippen molar-refractivity contribution < 1.29 is 0 Å². The molecular weight excluding hydrogens is 199 g/mol. The van der Waals surface area contributed by atoms with Crippen LogP contribution >= 0.6 is 0 Å². The van der Waals surface area contributed by atoms with Crippen LogP contribution in [-0.2, 0) is 0 Å². The molecule has 0 aliphatic carbocycles. The quantitative estimate of drug-likeness (QED) is 0.524. The van der Waals surface area contributed by atoms with Crippen LogP contribution in [0.4, 0.5) is 0 Å². The molecule has 0 aliphatic rings. The zero-order chi connectivity index (χ0) is 8.69. The monoisotopic (exact) mass is 220 g/mol. The van der Waals surface area contributed by atoms with Gasteiger partial charge in [-0.15, -0.1) is 0 Å². The Kier molecular flexibility index (Phi) is 7.46. The van der Waals surface area contributed by atoms with Gasteiger partial charge < -0.3 is 0 Å². The van der Waals surface area contributed by atoms with Gasteiger partial charge in [0.05, 0.1) is 0 Å². The van der Waals surface area contributed by atoms with Crippen LogP contribution in [0.3, 0.4) is 0 Å². The molecule has 0 saturated carbocycles. The van der Waals surface area contributed by atoms with Crippen molar-refractivity contribution in [3.05, 3.63) is 0 Å². The molecule has 0 heterocycles. The molecule has 0 aromatic heterocycles. The Labute approximate surface area is 75.6 Å². The molecule has 0 radical (unpaired) electrons. The molecule has 1 unspecified atom stereocenters. The molecule has 0 bridgehead atoms. The summed E-state index contributed by atoms with van der Waals surface area (Å²) in [6.45, 7) is 5.55. The van der Waals surface area contributed by atoms with E-state index in [9.17, 15) is 0 Å². The normalized spacial score (nSPS) is 13.9. The Balaban J connectivity index is 3.41.